The molecule has 0 spiro atoms. The molecule has 0 atom stereocenters. The van der Waals surface area contributed by atoms with Crippen LogP contribution < -0.4 is 16.4 Å². The highest BCUT2D eigenvalue weighted by molar-refractivity contribution is 7.17. The largest absolute Gasteiger partial charge is 0.365 e. The average molecular weight is 456 g/mol. The fourth-order valence-electron chi connectivity index (χ4n) is 3.40. The topological polar surface area (TPSA) is 117 Å². The Bertz CT molecular complexity index is 1150. The second-order valence-electron chi connectivity index (χ2n) is 6.88. The fourth-order valence-corrected chi connectivity index (χ4v) is 4.79. The Morgan fingerprint density at radius 1 is 1.13 bits per heavy atom. The van der Waals surface area contributed by atoms with Gasteiger partial charge in [-0.1, -0.05) is 11.6 Å². The van der Waals surface area contributed by atoms with Gasteiger partial charge in [0, 0.05) is 34.5 Å². The molecule has 1 aliphatic heterocycles. The average Bonchev–Trinajstić information content (AvgIpc) is 3.12. The van der Waals surface area contributed by atoms with Gasteiger partial charge in [0.1, 0.15) is 5.00 Å². The van der Waals surface area contributed by atoms with E-state index in [0.29, 0.717) is 46.3 Å². The maximum absolute atomic E-state index is 12.7. The number of carbonyl (C=O) groups is 3. The number of thiophene rings is 1. The van der Waals surface area contributed by atoms with Gasteiger partial charge in [-0.25, -0.2) is 4.79 Å². The highest BCUT2D eigenvalue weighted by atomic mass is 35.5. The Morgan fingerprint density at radius 3 is 2.58 bits per heavy atom. The Balaban J connectivity index is 1.53. The van der Waals surface area contributed by atoms with Gasteiger partial charge in [-0.15, -0.1) is 11.3 Å². The molecule has 31 heavy (non-hydrogen) atoms. The predicted octanol–water partition coefficient (Wildman–Crippen LogP) is 3.74. The van der Waals surface area contributed by atoms with Crippen LogP contribution in [0.5, 0.6) is 0 Å². The van der Waals surface area contributed by atoms with Crippen molar-refractivity contribution in [3.63, 3.8) is 0 Å². The number of urea groups is 1. The lowest BCUT2D eigenvalue weighted by Crippen LogP contribution is -2.36. The summed E-state index contributed by atoms with van der Waals surface area (Å²) in [6, 6.07) is 9.55. The molecule has 158 valence electrons. The first-order chi connectivity index (χ1) is 14.9. The van der Waals surface area contributed by atoms with Crippen LogP contribution in [0.4, 0.5) is 15.5 Å². The van der Waals surface area contributed by atoms with E-state index in [1.807, 2.05) is 0 Å². The summed E-state index contributed by atoms with van der Waals surface area (Å²) in [4.78, 5) is 43.8. The van der Waals surface area contributed by atoms with E-state index in [0.717, 1.165) is 10.4 Å². The van der Waals surface area contributed by atoms with E-state index in [1.165, 1.54) is 17.5 Å². The monoisotopic (exact) mass is 455 g/mol. The van der Waals surface area contributed by atoms with E-state index >= 15 is 0 Å². The summed E-state index contributed by atoms with van der Waals surface area (Å²) in [5.41, 5.74) is 7.72. The minimum atomic E-state index is -0.619. The molecule has 3 aromatic rings. The molecule has 1 aliphatic rings. The van der Waals surface area contributed by atoms with Crippen LogP contribution in [0.2, 0.25) is 5.02 Å². The number of nitrogens with zero attached hydrogens (tertiary/aromatic N) is 2. The maximum Gasteiger partial charge on any atom is 0.324 e. The minimum Gasteiger partial charge on any atom is -0.365 e. The molecular weight excluding hydrogens is 438 g/mol. The SMILES string of the molecule is NC(=O)c1c(NC(=O)Nc2ccc(Cl)cc2)sc2c1CCN(C(=O)c1cccnc1)C2. The summed E-state index contributed by atoms with van der Waals surface area (Å²) >= 11 is 7.10. The molecule has 4 amide bonds. The van der Waals surface area contributed by atoms with Crippen molar-refractivity contribution in [2.45, 2.75) is 13.0 Å². The molecule has 4 rings (SSSR count). The molecule has 0 saturated carbocycles. The summed E-state index contributed by atoms with van der Waals surface area (Å²) in [6.07, 6.45) is 3.60. The maximum atomic E-state index is 12.7. The normalized spacial score (nSPS) is 12.7. The van der Waals surface area contributed by atoms with Crippen LogP contribution in [0.1, 0.15) is 31.2 Å². The smallest absolute Gasteiger partial charge is 0.324 e. The van der Waals surface area contributed by atoms with E-state index in [-0.39, 0.29) is 5.91 Å². The Kier molecular flexibility index (Phi) is 5.88. The molecule has 0 saturated heterocycles. The molecule has 0 aliphatic carbocycles. The molecule has 2 aromatic heterocycles. The summed E-state index contributed by atoms with van der Waals surface area (Å²) in [6.45, 7) is 0.767. The van der Waals surface area contributed by atoms with Gasteiger partial charge in [0.15, 0.2) is 0 Å². The number of hydrogen-bond donors (Lipinski definition) is 3. The number of benzene rings is 1. The summed E-state index contributed by atoms with van der Waals surface area (Å²) in [5.74, 6) is -0.755. The summed E-state index contributed by atoms with van der Waals surface area (Å²) < 4.78 is 0. The lowest BCUT2D eigenvalue weighted by molar-refractivity contribution is 0.0736. The number of hydrogen-bond acceptors (Lipinski definition) is 5. The molecule has 0 unspecified atom stereocenters. The lowest BCUT2D eigenvalue weighted by atomic mass is 10.0. The molecule has 0 radical (unpaired) electrons. The number of aromatic nitrogens is 1. The molecule has 1 aromatic carbocycles. The van der Waals surface area contributed by atoms with E-state index < -0.39 is 11.9 Å². The third kappa shape index (κ3) is 4.52. The summed E-state index contributed by atoms with van der Waals surface area (Å²) in [5, 5.41) is 6.31. The Labute approximate surface area is 187 Å². The van der Waals surface area contributed by atoms with Gasteiger partial charge in [0.25, 0.3) is 11.8 Å². The van der Waals surface area contributed by atoms with Crippen LogP contribution in [0.15, 0.2) is 48.8 Å². The molecule has 10 heteroatoms. The van der Waals surface area contributed by atoms with Gasteiger partial charge in [-0.2, -0.15) is 0 Å². The van der Waals surface area contributed by atoms with Gasteiger partial charge in [0.2, 0.25) is 0 Å². The fraction of sp³-hybridized carbons (Fsp3) is 0.143. The second kappa shape index (κ2) is 8.75. The minimum absolute atomic E-state index is 0.136. The highest BCUT2D eigenvalue weighted by Crippen LogP contribution is 2.37. The number of pyridine rings is 1. The van der Waals surface area contributed by atoms with E-state index in [4.69, 9.17) is 17.3 Å². The molecule has 3 heterocycles. The van der Waals surface area contributed by atoms with Crippen molar-refractivity contribution in [1.82, 2.24) is 9.88 Å². The quantitative estimate of drug-likeness (QED) is 0.555. The number of nitrogens with two attached hydrogens (primary N) is 1. The standard InChI is InChI=1S/C21H18ClN5O3S/c22-13-3-5-14(6-4-13)25-21(30)26-19-17(18(23)28)15-7-9-27(11-16(15)31-19)20(29)12-2-1-8-24-10-12/h1-6,8,10H,7,9,11H2,(H2,23,28)(H2,25,26,30). The van der Waals surface area contributed by atoms with E-state index in [9.17, 15) is 14.4 Å². The summed E-state index contributed by atoms with van der Waals surface area (Å²) in [7, 11) is 0. The van der Waals surface area contributed by atoms with Gasteiger partial charge < -0.3 is 16.0 Å². The highest BCUT2D eigenvalue weighted by Gasteiger charge is 2.30. The number of fused-ring (bicyclic) bond motifs is 1. The van der Waals surface area contributed by atoms with Crippen LogP contribution in [-0.2, 0) is 13.0 Å². The molecular formula is C21H18ClN5O3S. The van der Waals surface area contributed by atoms with Crippen molar-refractivity contribution in [2.24, 2.45) is 5.73 Å². The van der Waals surface area contributed by atoms with Crippen molar-refractivity contribution in [3.8, 4) is 0 Å². The van der Waals surface area contributed by atoms with Crippen molar-refractivity contribution < 1.29 is 14.4 Å². The number of rotatable bonds is 4. The van der Waals surface area contributed by atoms with Crippen molar-refractivity contribution in [1.29, 1.82) is 0 Å². The van der Waals surface area contributed by atoms with Gasteiger partial charge in [0.05, 0.1) is 17.7 Å². The molecule has 8 nitrogen and oxygen atoms in total. The molecule has 0 bridgehead atoms. The third-order valence-corrected chi connectivity index (χ3v) is 6.21. The van der Waals surface area contributed by atoms with Crippen LogP contribution in [-0.4, -0.2) is 34.3 Å². The first kappa shape index (κ1) is 20.8. The Hall–Kier alpha value is -3.43. The van der Waals surface area contributed by atoms with E-state index in [2.05, 4.69) is 15.6 Å². The number of anilines is 2. The second-order valence-corrected chi connectivity index (χ2v) is 8.42. The van der Waals surface area contributed by atoms with Crippen molar-refractivity contribution in [2.75, 3.05) is 17.2 Å². The zero-order valence-electron chi connectivity index (χ0n) is 16.2. The van der Waals surface area contributed by atoms with Crippen LogP contribution in [0, 0.1) is 0 Å². The number of carbonyl (C=O) groups excluding carboxylic acids is 3. The molecule has 0 fully saturated rings. The van der Waals surface area contributed by atoms with Crippen LogP contribution >= 0.6 is 22.9 Å². The lowest BCUT2D eigenvalue weighted by Gasteiger charge is -2.27. The number of nitrogens with one attached hydrogen (secondary N) is 2. The predicted molar refractivity (Wildman–Crippen MR) is 120 cm³/mol. The van der Waals surface area contributed by atoms with Gasteiger partial charge in [-0.05, 0) is 48.4 Å². The van der Waals surface area contributed by atoms with Gasteiger partial charge >= 0.3 is 6.03 Å². The number of primary amides is 1. The number of halogens is 1. The number of amides is 4. The van der Waals surface area contributed by atoms with E-state index in [1.54, 1.807) is 47.5 Å². The molecule has 4 N–H and O–H groups in total. The first-order valence-corrected chi connectivity index (χ1v) is 10.6. The van der Waals surface area contributed by atoms with Crippen molar-refractivity contribution in [3.05, 3.63) is 75.4 Å². The Morgan fingerprint density at radius 2 is 1.90 bits per heavy atom. The van der Waals surface area contributed by atoms with Crippen LogP contribution in [0.25, 0.3) is 0 Å². The van der Waals surface area contributed by atoms with Crippen LogP contribution in [0.3, 0.4) is 0 Å². The zero-order valence-corrected chi connectivity index (χ0v) is 17.8. The van der Waals surface area contributed by atoms with Crippen molar-refractivity contribution >= 4 is 51.5 Å². The zero-order chi connectivity index (χ0) is 22.0. The first-order valence-electron chi connectivity index (χ1n) is 9.39. The van der Waals surface area contributed by atoms with Gasteiger partial charge in [-0.3, -0.25) is 19.9 Å². The third-order valence-electron chi connectivity index (χ3n) is 4.83.